The molecule has 8 heteroatoms. The van der Waals surface area contributed by atoms with Crippen LogP contribution in [0.3, 0.4) is 0 Å². The standard InChI is InChI=1S/C24H30N4O4/c1-14(16-9-17(25)11-19(10-16)32-18-5-6-18)26-24-20-12-23(31-8-7-29-3)22(30-4)13-21(20)27-15(2)28-24/h9-14,18H,5-8,25H2,1-4H3,(H,26,27,28)/t14-/m1/s1. The van der Waals surface area contributed by atoms with Gasteiger partial charge in [-0.1, -0.05) is 0 Å². The Labute approximate surface area is 188 Å². The van der Waals surface area contributed by atoms with Crippen molar-refractivity contribution >= 4 is 22.4 Å². The van der Waals surface area contributed by atoms with Gasteiger partial charge in [0.15, 0.2) is 11.5 Å². The number of hydrogen-bond acceptors (Lipinski definition) is 8. The number of anilines is 2. The van der Waals surface area contributed by atoms with Gasteiger partial charge in [-0.15, -0.1) is 0 Å². The highest BCUT2D eigenvalue weighted by Crippen LogP contribution is 2.36. The number of nitrogens with zero attached hydrogens (tertiary/aromatic N) is 2. The van der Waals surface area contributed by atoms with Gasteiger partial charge in [-0.05, 0) is 50.5 Å². The summed E-state index contributed by atoms with van der Waals surface area (Å²) < 4.78 is 22.4. The van der Waals surface area contributed by atoms with E-state index in [1.165, 1.54) is 0 Å². The first-order valence-corrected chi connectivity index (χ1v) is 10.8. The number of methoxy groups -OCH3 is 2. The summed E-state index contributed by atoms with van der Waals surface area (Å²) in [5.74, 6) is 3.41. The fourth-order valence-corrected chi connectivity index (χ4v) is 3.50. The summed E-state index contributed by atoms with van der Waals surface area (Å²) in [6, 6.07) is 9.57. The van der Waals surface area contributed by atoms with Crippen LogP contribution in [0.15, 0.2) is 30.3 Å². The molecule has 1 atom stereocenters. The average Bonchev–Trinajstić information content (AvgIpc) is 3.57. The Hall–Kier alpha value is -3.26. The molecule has 0 amide bonds. The van der Waals surface area contributed by atoms with E-state index < -0.39 is 0 Å². The summed E-state index contributed by atoms with van der Waals surface area (Å²) in [5.41, 5.74) is 8.61. The number of aromatic nitrogens is 2. The van der Waals surface area contributed by atoms with Crippen molar-refractivity contribution in [3.63, 3.8) is 0 Å². The molecule has 1 fully saturated rings. The quantitative estimate of drug-likeness (QED) is 0.358. The number of benzene rings is 2. The van der Waals surface area contributed by atoms with Crippen molar-refractivity contribution in [3.05, 3.63) is 41.7 Å². The normalized spacial score (nSPS) is 14.2. The predicted molar refractivity (Wildman–Crippen MR) is 125 cm³/mol. The summed E-state index contributed by atoms with van der Waals surface area (Å²) in [4.78, 5) is 9.24. The topological polar surface area (TPSA) is 101 Å². The van der Waals surface area contributed by atoms with Gasteiger partial charge in [0.1, 0.15) is 24.0 Å². The van der Waals surface area contributed by atoms with Crippen molar-refractivity contribution in [1.29, 1.82) is 0 Å². The second-order valence-electron chi connectivity index (χ2n) is 8.00. The van der Waals surface area contributed by atoms with Crippen LogP contribution < -0.4 is 25.3 Å². The summed E-state index contributed by atoms with van der Waals surface area (Å²) in [5, 5.41) is 4.36. The van der Waals surface area contributed by atoms with E-state index in [-0.39, 0.29) is 6.04 Å². The zero-order valence-electron chi connectivity index (χ0n) is 19.0. The zero-order chi connectivity index (χ0) is 22.7. The van der Waals surface area contributed by atoms with Crippen molar-refractivity contribution in [2.75, 3.05) is 38.5 Å². The predicted octanol–water partition coefficient (Wildman–Crippen LogP) is 4.27. The summed E-state index contributed by atoms with van der Waals surface area (Å²) >= 11 is 0. The van der Waals surface area contributed by atoms with Gasteiger partial charge in [-0.2, -0.15) is 0 Å². The molecule has 32 heavy (non-hydrogen) atoms. The van der Waals surface area contributed by atoms with Gasteiger partial charge in [0.2, 0.25) is 0 Å². The molecule has 3 N–H and O–H groups in total. The van der Waals surface area contributed by atoms with Gasteiger partial charge >= 0.3 is 0 Å². The summed E-state index contributed by atoms with van der Waals surface area (Å²) in [7, 11) is 3.25. The van der Waals surface area contributed by atoms with Crippen LogP contribution in [0, 0.1) is 6.92 Å². The van der Waals surface area contributed by atoms with Crippen molar-refractivity contribution in [3.8, 4) is 17.2 Å². The van der Waals surface area contributed by atoms with Crippen LogP contribution in [-0.4, -0.2) is 43.5 Å². The van der Waals surface area contributed by atoms with E-state index in [1.807, 2.05) is 37.3 Å². The highest BCUT2D eigenvalue weighted by atomic mass is 16.5. The average molecular weight is 439 g/mol. The Balaban J connectivity index is 1.65. The third-order valence-electron chi connectivity index (χ3n) is 5.27. The Morgan fingerprint density at radius 2 is 1.88 bits per heavy atom. The van der Waals surface area contributed by atoms with Crippen LogP contribution in [0.25, 0.3) is 10.9 Å². The molecule has 0 saturated heterocycles. The van der Waals surface area contributed by atoms with Crippen molar-refractivity contribution in [2.45, 2.75) is 38.8 Å². The van der Waals surface area contributed by atoms with E-state index in [2.05, 4.69) is 22.2 Å². The molecule has 1 aromatic heterocycles. The second-order valence-corrected chi connectivity index (χ2v) is 8.00. The van der Waals surface area contributed by atoms with E-state index >= 15 is 0 Å². The maximum atomic E-state index is 6.14. The Bertz CT molecular complexity index is 1100. The molecule has 0 unspecified atom stereocenters. The molecule has 0 spiro atoms. The van der Waals surface area contributed by atoms with Gasteiger partial charge in [0.05, 0.1) is 31.4 Å². The number of ether oxygens (including phenoxy) is 4. The number of rotatable bonds is 10. The first-order chi connectivity index (χ1) is 15.5. The minimum atomic E-state index is -0.0579. The Morgan fingerprint density at radius 1 is 1.06 bits per heavy atom. The lowest BCUT2D eigenvalue weighted by molar-refractivity contribution is 0.144. The van der Waals surface area contributed by atoms with Gasteiger partial charge in [0.25, 0.3) is 0 Å². The van der Waals surface area contributed by atoms with Crippen molar-refractivity contribution in [2.24, 2.45) is 0 Å². The highest BCUT2D eigenvalue weighted by molar-refractivity contribution is 5.92. The first-order valence-electron chi connectivity index (χ1n) is 10.8. The molecule has 2 aromatic carbocycles. The minimum Gasteiger partial charge on any atom is -0.493 e. The first kappa shape index (κ1) is 22.0. The molecular formula is C24H30N4O4. The third-order valence-corrected chi connectivity index (χ3v) is 5.27. The van der Waals surface area contributed by atoms with Crippen LogP contribution in [0.5, 0.6) is 17.2 Å². The van der Waals surface area contributed by atoms with Gasteiger partial charge < -0.3 is 30.0 Å². The van der Waals surface area contributed by atoms with E-state index in [1.54, 1.807) is 14.2 Å². The highest BCUT2D eigenvalue weighted by Gasteiger charge is 2.24. The summed E-state index contributed by atoms with van der Waals surface area (Å²) in [6.45, 7) is 4.83. The SMILES string of the molecule is COCCOc1cc2c(N[C@H](C)c3cc(N)cc(OC4CC4)c3)nc(C)nc2cc1OC. The van der Waals surface area contributed by atoms with E-state index in [9.17, 15) is 0 Å². The minimum absolute atomic E-state index is 0.0579. The molecular weight excluding hydrogens is 408 g/mol. The molecule has 0 bridgehead atoms. The molecule has 8 nitrogen and oxygen atoms in total. The number of nitrogen functional groups attached to an aromatic ring is 1. The van der Waals surface area contributed by atoms with E-state index in [4.69, 9.17) is 24.7 Å². The molecule has 170 valence electrons. The summed E-state index contributed by atoms with van der Waals surface area (Å²) in [6.07, 6.45) is 2.51. The largest absolute Gasteiger partial charge is 0.493 e. The zero-order valence-corrected chi connectivity index (χ0v) is 19.0. The fraction of sp³-hybridized carbons (Fsp3) is 0.417. The lowest BCUT2D eigenvalue weighted by Gasteiger charge is -2.19. The smallest absolute Gasteiger partial charge is 0.162 e. The molecule has 0 aliphatic heterocycles. The van der Waals surface area contributed by atoms with Gasteiger partial charge in [-0.25, -0.2) is 9.97 Å². The molecule has 0 radical (unpaired) electrons. The van der Waals surface area contributed by atoms with Crippen LogP contribution >= 0.6 is 0 Å². The third kappa shape index (κ3) is 5.13. The Kier molecular flexibility index (Phi) is 6.50. The van der Waals surface area contributed by atoms with Crippen LogP contribution in [0.4, 0.5) is 11.5 Å². The molecule has 4 rings (SSSR count). The van der Waals surface area contributed by atoms with Crippen LogP contribution in [0.2, 0.25) is 0 Å². The van der Waals surface area contributed by atoms with Crippen molar-refractivity contribution < 1.29 is 18.9 Å². The second kappa shape index (κ2) is 9.48. The molecule has 1 saturated carbocycles. The number of hydrogen-bond donors (Lipinski definition) is 2. The van der Waals surface area contributed by atoms with Gasteiger partial charge in [0, 0.05) is 30.3 Å². The maximum absolute atomic E-state index is 6.14. The fourth-order valence-electron chi connectivity index (χ4n) is 3.50. The van der Waals surface area contributed by atoms with Crippen LogP contribution in [-0.2, 0) is 4.74 Å². The van der Waals surface area contributed by atoms with Crippen LogP contribution in [0.1, 0.15) is 37.2 Å². The lowest BCUT2D eigenvalue weighted by atomic mass is 10.1. The number of nitrogens with one attached hydrogen (secondary N) is 1. The number of aryl methyl sites for hydroxylation is 1. The van der Waals surface area contributed by atoms with Gasteiger partial charge in [-0.3, -0.25) is 0 Å². The van der Waals surface area contributed by atoms with Crippen molar-refractivity contribution in [1.82, 2.24) is 9.97 Å². The monoisotopic (exact) mass is 438 g/mol. The molecule has 1 aliphatic rings. The molecule has 3 aromatic rings. The number of fused-ring (bicyclic) bond motifs is 1. The van der Waals surface area contributed by atoms with E-state index in [0.29, 0.717) is 48.1 Å². The maximum Gasteiger partial charge on any atom is 0.162 e. The molecule has 1 heterocycles. The van der Waals surface area contributed by atoms with E-state index in [0.717, 1.165) is 35.1 Å². The lowest BCUT2D eigenvalue weighted by Crippen LogP contribution is -2.11. The number of nitrogens with two attached hydrogens (primary N) is 1. The molecule has 1 aliphatic carbocycles. The Morgan fingerprint density at radius 3 is 2.59 bits per heavy atom.